The summed E-state index contributed by atoms with van der Waals surface area (Å²) in [7, 11) is 1.87. The minimum absolute atomic E-state index is 0.0460. The summed E-state index contributed by atoms with van der Waals surface area (Å²) >= 11 is 0. The number of rotatable bonds is 1. The number of hydrogen-bond acceptors (Lipinski definition) is 4. The van der Waals surface area contributed by atoms with Gasteiger partial charge >= 0.3 is 0 Å². The lowest BCUT2D eigenvalue weighted by molar-refractivity contribution is -0.121. The summed E-state index contributed by atoms with van der Waals surface area (Å²) in [6, 6.07) is 6.51. The third kappa shape index (κ3) is 1.83. The number of aromatic nitrogens is 2. The molecule has 0 fully saturated rings. The smallest absolute Gasteiger partial charge is 0.226 e. The normalized spacial score (nSPS) is 19.0. The number of nitrogens with one attached hydrogen (secondary N) is 1. The lowest BCUT2D eigenvalue weighted by Crippen LogP contribution is -2.37. The highest BCUT2D eigenvalue weighted by Gasteiger charge is 2.43. The van der Waals surface area contributed by atoms with Gasteiger partial charge in [0.05, 0.1) is 17.4 Å². The molecule has 0 saturated carbocycles. The molecule has 126 valence electrons. The minimum Gasteiger partial charge on any atom is -0.508 e. The predicted molar refractivity (Wildman–Crippen MR) is 90.8 cm³/mol. The van der Waals surface area contributed by atoms with Gasteiger partial charge in [0.15, 0.2) is 0 Å². The van der Waals surface area contributed by atoms with Crippen molar-refractivity contribution in [1.82, 2.24) is 14.6 Å². The zero-order valence-electron chi connectivity index (χ0n) is 13.7. The second kappa shape index (κ2) is 4.84. The van der Waals surface area contributed by atoms with Crippen LogP contribution in [0.4, 0.5) is 0 Å². The van der Waals surface area contributed by atoms with Crippen LogP contribution in [0.15, 0.2) is 36.7 Å². The molecule has 1 atom stereocenters. The maximum atomic E-state index is 13.0. The number of aromatic hydroxyl groups is 1. The maximum absolute atomic E-state index is 13.0. The highest BCUT2D eigenvalue weighted by molar-refractivity contribution is 6.12. The van der Waals surface area contributed by atoms with Gasteiger partial charge in [0.2, 0.25) is 5.78 Å². The molecule has 1 aliphatic heterocycles. The van der Waals surface area contributed by atoms with Gasteiger partial charge in [0.25, 0.3) is 0 Å². The molecular weight excluding hydrogens is 318 g/mol. The number of hydrogen-bond donors (Lipinski definition) is 3. The predicted octanol–water partition coefficient (Wildman–Crippen LogP) is 2.61. The number of ketones is 1. The van der Waals surface area contributed by atoms with Gasteiger partial charge in [-0.05, 0) is 29.7 Å². The summed E-state index contributed by atoms with van der Waals surface area (Å²) in [5, 5.41) is 21.5. The fourth-order valence-electron chi connectivity index (χ4n) is 4.21. The molecule has 0 bridgehead atoms. The van der Waals surface area contributed by atoms with Crippen molar-refractivity contribution in [2.24, 2.45) is 7.05 Å². The number of carbonyl (C=O) groups is 1. The highest BCUT2D eigenvalue weighted by Crippen LogP contribution is 2.46. The molecule has 3 N–H and O–H groups in total. The topological polar surface area (TPSA) is 81.5 Å². The molecule has 2 aliphatic rings. The van der Waals surface area contributed by atoms with Crippen LogP contribution in [0, 0.1) is 0 Å². The molecule has 3 aromatic rings. The van der Waals surface area contributed by atoms with E-state index in [0.29, 0.717) is 17.9 Å². The Bertz CT molecular complexity index is 1010. The lowest BCUT2D eigenvalue weighted by Gasteiger charge is -2.35. The molecule has 0 saturated heterocycles. The van der Waals surface area contributed by atoms with Crippen molar-refractivity contribution in [1.29, 1.82) is 0 Å². The molecule has 25 heavy (non-hydrogen) atoms. The van der Waals surface area contributed by atoms with E-state index < -0.39 is 0 Å². The fraction of sp³-hybridized carbons (Fsp3) is 0.211. The number of phenols is 1. The molecule has 0 amide bonds. The van der Waals surface area contributed by atoms with Crippen molar-refractivity contribution < 1.29 is 15.1 Å². The van der Waals surface area contributed by atoms with Crippen molar-refractivity contribution in [3.05, 3.63) is 64.7 Å². The Balaban J connectivity index is 1.78. The molecule has 5 rings (SSSR count). The average Bonchev–Trinajstić information content (AvgIpc) is 3.17. The van der Waals surface area contributed by atoms with Crippen LogP contribution in [-0.2, 0) is 13.5 Å². The number of fused-ring (bicyclic) bond motifs is 2. The van der Waals surface area contributed by atoms with Crippen LogP contribution in [0.25, 0.3) is 11.1 Å². The average molecular weight is 335 g/mol. The summed E-state index contributed by atoms with van der Waals surface area (Å²) in [6.07, 6.45) is 4.52. The molecule has 1 aromatic carbocycles. The van der Waals surface area contributed by atoms with E-state index in [2.05, 4.69) is 4.98 Å². The van der Waals surface area contributed by atoms with Crippen LogP contribution in [-0.4, -0.2) is 37.3 Å². The Morgan fingerprint density at radius 1 is 1.20 bits per heavy atom. The standard InChI is InChI=1S/C19H17N3O3/c1-21-9-11-6-7-22(25)17-14(11)18(21)19(24)16-15(17)13(8-20-16)10-2-4-12(23)5-3-10/h2-5,8-9,17,20,23,25H,6-7H2,1H3/t17-/m1/s1. The Labute approximate surface area is 143 Å². The van der Waals surface area contributed by atoms with Crippen molar-refractivity contribution >= 4 is 5.78 Å². The van der Waals surface area contributed by atoms with E-state index in [9.17, 15) is 15.1 Å². The Kier molecular flexibility index (Phi) is 2.81. The summed E-state index contributed by atoms with van der Waals surface area (Å²) in [6.45, 7) is 0.523. The molecule has 0 spiro atoms. The number of aryl methyl sites for hydroxylation is 1. The number of carbonyl (C=O) groups excluding carboxylic acids is 1. The van der Waals surface area contributed by atoms with Crippen LogP contribution in [0.2, 0.25) is 0 Å². The second-order valence-corrected chi connectivity index (χ2v) is 6.71. The number of hydroxylamine groups is 2. The first-order valence-corrected chi connectivity index (χ1v) is 8.25. The van der Waals surface area contributed by atoms with E-state index in [0.717, 1.165) is 34.2 Å². The molecule has 3 heterocycles. The van der Waals surface area contributed by atoms with Crippen molar-refractivity contribution in [3.8, 4) is 16.9 Å². The first-order valence-electron chi connectivity index (χ1n) is 8.25. The first-order chi connectivity index (χ1) is 12.1. The largest absolute Gasteiger partial charge is 0.508 e. The number of nitrogens with zero attached hydrogens (tertiary/aromatic N) is 2. The number of phenolic OH excluding ortho intramolecular Hbond substituents is 1. The van der Waals surface area contributed by atoms with Gasteiger partial charge in [-0.1, -0.05) is 12.1 Å². The van der Waals surface area contributed by atoms with Crippen LogP contribution >= 0.6 is 0 Å². The Morgan fingerprint density at radius 2 is 1.96 bits per heavy atom. The zero-order chi connectivity index (χ0) is 17.3. The van der Waals surface area contributed by atoms with Gasteiger partial charge in [-0.25, -0.2) is 0 Å². The molecule has 1 aliphatic carbocycles. The third-order valence-corrected chi connectivity index (χ3v) is 5.30. The van der Waals surface area contributed by atoms with Crippen LogP contribution < -0.4 is 0 Å². The SMILES string of the molecule is Cn1cc2c3c1C(=O)c1[nH]cc(-c4ccc(O)cc4)c1[C@@H]3N(O)CC2. The van der Waals surface area contributed by atoms with E-state index in [-0.39, 0.29) is 17.6 Å². The monoisotopic (exact) mass is 335 g/mol. The molecule has 2 aromatic heterocycles. The van der Waals surface area contributed by atoms with Crippen LogP contribution in [0.3, 0.4) is 0 Å². The van der Waals surface area contributed by atoms with Gasteiger partial charge in [0.1, 0.15) is 5.75 Å². The van der Waals surface area contributed by atoms with Crippen LogP contribution in [0.5, 0.6) is 5.75 Å². The molecule has 0 unspecified atom stereocenters. The van der Waals surface area contributed by atoms with Gasteiger partial charge in [0, 0.05) is 42.7 Å². The molecule has 0 radical (unpaired) electrons. The van der Waals surface area contributed by atoms with Crippen molar-refractivity contribution in [2.75, 3.05) is 6.54 Å². The van der Waals surface area contributed by atoms with Gasteiger partial charge in [-0.2, -0.15) is 5.06 Å². The quantitative estimate of drug-likeness (QED) is 0.638. The van der Waals surface area contributed by atoms with Gasteiger partial charge < -0.3 is 19.9 Å². The maximum Gasteiger partial charge on any atom is 0.226 e. The zero-order valence-corrected chi connectivity index (χ0v) is 13.7. The lowest BCUT2D eigenvalue weighted by atomic mass is 9.81. The first kappa shape index (κ1) is 14.5. The highest BCUT2D eigenvalue weighted by atomic mass is 16.5. The molecule has 6 heteroatoms. The summed E-state index contributed by atoms with van der Waals surface area (Å²) in [5.41, 5.74) is 5.76. The Morgan fingerprint density at radius 3 is 2.72 bits per heavy atom. The Hall–Kier alpha value is -2.83. The number of aromatic amines is 1. The van der Waals surface area contributed by atoms with Crippen molar-refractivity contribution in [2.45, 2.75) is 12.5 Å². The van der Waals surface area contributed by atoms with E-state index in [1.54, 1.807) is 12.1 Å². The molecule has 6 nitrogen and oxygen atoms in total. The second-order valence-electron chi connectivity index (χ2n) is 6.71. The molecular formula is C19H17N3O3. The fourth-order valence-corrected chi connectivity index (χ4v) is 4.21. The number of H-pyrrole nitrogens is 1. The van der Waals surface area contributed by atoms with E-state index >= 15 is 0 Å². The van der Waals surface area contributed by atoms with E-state index in [4.69, 9.17) is 0 Å². The minimum atomic E-state index is -0.359. The summed E-state index contributed by atoms with van der Waals surface area (Å²) < 4.78 is 1.86. The van der Waals surface area contributed by atoms with Crippen molar-refractivity contribution in [3.63, 3.8) is 0 Å². The van der Waals surface area contributed by atoms with Crippen LogP contribution in [0.1, 0.15) is 38.9 Å². The summed E-state index contributed by atoms with van der Waals surface area (Å²) in [5.74, 6) is 0.147. The van der Waals surface area contributed by atoms with Gasteiger partial charge in [-0.15, -0.1) is 0 Å². The van der Waals surface area contributed by atoms with E-state index in [1.165, 1.54) is 5.06 Å². The van der Waals surface area contributed by atoms with Gasteiger partial charge in [-0.3, -0.25) is 4.79 Å². The summed E-state index contributed by atoms with van der Waals surface area (Å²) in [4.78, 5) is 16.2. The van der Waals surface area contributed by atoms with E-state index in [1.807, 2.05) is 36.1 Å². The number of benzene rings is 1. The third-order valence-electron chi connectivity index (χ3n) is 5.30.